The first-order chi connectivity index (χ1) is 9.09. The molecule has 2 saturated heterocycles. The van der Waals surface area contributed by atoms with Crippen molar-refractivity contribution >= 4 is 5.97 Å². The summed E-state index contributed by atoms with van der Waals surface area (Å²) in [7, 11) is 0. The van der Waals surface area contributed by atoms with E-state index in [9.17, 15) is 9.90 Å². The van der Waals surface area contributed by atoms with E-state index in [0.29, 0.717) is 12.1 Å². The predicted molar refractivity (Wildman–Crippen MR) is 74.0 cm³/mol. The van der Waals surface area contributed by atoms with E-state index in [1.165, 1.54) is 11.1 Å². The Morgan fingerprint density at radius 3 is 2.74 bits per heavy atom. The highest BCUT2D eigenvalue weighted by atomic mass is 16.4. The minimum atomic E-state index is -0.616. The zero-order chi connectivity index (χ0) is 13.6. The van der Waals surface area contributed by atoms with Gasteiger partial charge in [0.2, 0.25) is 0 Å². The molecular weight excluding hydrogens is 238 g/mol. The van der Waals surface area contributed by atoms with Crippen LogP contribution in [-0.4, -0.2) is 28.1 Å². The SMILES string of the molecule is Cc1ccccc1C(C)N1C2CCC1C(C(=O)O)C2. The molecule has 102 valence electrons. The average molecular weight is 259 g/mol. The minimum absolute atomic E-state index is 0.162. The summed E-state index contributed by atoms with van der Waals surface area (Å²) in [6.45, 7) is 4.36. The molecule has 0 aromatic heterocycles. The second kappa shape index (κ2) is 4.64. The van der Waals surface area contributed by atoms with Gasteiger partial charge in [0.25, 0.3) is 0 Å². The monoisotopic (exact) mass is 259 g/mol. The molecule has 1 N–H and O–H groups in total. The molecule has 3 heteroatoms. The van der Waals surface area contributed by atoms with E-state index in [1.54, 1.807) is 0 Å². The summed E-state index contributed by atoms with van der Waals surface area (Å²) >= 11 is 0. The third-order valence-corrected chi connectivity index (χ3v) is 4.99. The van der Waals surface area contributed by atoms with Crippen LogP contribution < -0.4 is 0 Å². The second-order valence-corrected chi connectivity index (χ2v) is 5.96. The lowest BCUT2D eigenvalue weighted by molar-refractivity contribution is -0.142. The fraction of sp³-hybridized carbons (Fsp3) is 0.562. The molecular formula is C16H21NO2. The van der Waals surface area contributed by atoms with Crippen molar-refractivity contribution < 1.29 is 9.90 Å². The summed E-state index contributed by atoms with van der Waals surface area (Å²) in [5.74, 6) is -0.778. The van der Waals surface area contributed by atoms with Gasteiger partial charge < -0.3 is 5.11 Å². The number of nitrogens with zero attached hydrogens (tertiary/aromatic N) is 1. The van der Waals surface area contributed by atoms with Gasteiger partial charge in [0.05, 0.1) is 5.92 Å². The number of rotatable bonds is 3. The largest absolute Gasteiger partial charge is 0.481 e. The number of carboxylic acid groups (broad SMARTS) is 1. The summed E-state index contributed by atoms with van der Waals surface area (Å²) < 4.78 is 0. The Hall–Kier alpha value is -1.35. The van der Waals surface area contributed by atoms with Crippen LogP contribution in [0.25, 0.3) is 0 Å². The van der Waals surface area contributed by atoms with E-state index in [-0.39, 0.29) is 12.0 Å². The molecule has 1 aromatic carbocycles. The summed E-state index contributed by atoms with van der Waals surface area (Å²) in [5.41, 5.74) is 2.64. The molecule has 3 nitrogen and oxygen atoms in total. The van der Waals surface area contributed by atoms with Crippen molar-refractivity contribution in [3.8, 4) is 0 Å². The molecule has 0 radical (unpaired) electrons. The summed E-state index contributed by atoms with van der Waals surface area (Å²) in [4.78, 5) is 13.8. The quantitative estimate of drug-likeness (QED) is 0.907. The van der Waals surface area contributed by atoms with Crippen LogP contribution in [0.1, 0.15) is 43.4 Å². The maximum absolute atomic E-state index is 11.3. The van der Waals surface area contributed by atoms with Gasteiger partial charge in [0.1, 0.15) is 0 Å². The van der Waals surface area contributed by atoms with Crippen LogP contribution in [0.2, 0.25) is 0 Å². The van der Waals surface area contributed by atoms with Gasteiger partial charge in [-0.15, -0.1) is 0 Å². The fourth-order valence-electron chi connectivity index (χ4n) is 4.12. The van der Waals surface area contributed by atoms with Crippen molar-refractivity contribution in [1.29, 1.82) is 0 Å². The van der Waals surface area contributed by atoms with Gasteiger partial charge in [-0.3, -0.25) is 9.69 Å². The van der Waals surface area contributed by atoms with Crippen LogP contribution >= 0.6 is 0 Å². The first kappa shape index (κ1) is 12.7. The molecule has 2 bridgehead atoms. The molecule has 0 spiro atoms. The molecule has 3 rings (SSSR count). The number of fused-ring (bicyclic) bond motifs is 2. The Morgan fingerprint density at radius 1 is 1.37 bits per heavy atom. The maximum Gasteiger partial charge on any atom is 0.308 e. The molecule has 2 heterocycles. The predicted octanol–water partition coefficient (Wildman–Crippen LogP) is 2.99. The standard InChI is InChI=1S/C16H21NO2/c1-10-5-3-4-6-13(10)11(2)17-12-7-8-15(17)14(9-12)16(18)19/h3-6,11-12,14-15H,7-9H2,1-2H3,(H,18,19). The Kier molecular flexibility index (Phi) is 3.09. The lowest BCUT2D eigenvalue weighted by atomic mass is 9.89. The van der Waals surface area contributed by atoms with E-state index in [2.05, 4.69) is 43.0 Å². The van der Waals surface area contributed by atoms with Gasteiger partial charge in [0.15, 0.2) is 0 Å². The zero-order valence-electron chi connectivity index (χ0n) is 11.5. The van der Waals surface area contributed by atoms with Crippen molar-refractivity contribution in [3.63, 3.8) is 0 Å². The minimum Gasteiger partial charge on any atom is -0.481 e. The highest BCUT2D eigenvalue weighted by Gasteiger charge is 2.50. The van der Waals surface area contributed by atoms with E-state index < -0.39 is 5.97 Å². The molecule has 0 amide bonds. The van der Waals surface area contributed by atoms with Crippen molar-refractivity contribution in [2.75, 3.05) is 0 Å². The van der Waals surface area contributed by atoms with Crippen LogP contribution in [0.4, 0.5) is 0 Å². The number of hydrogen-bond acceptors (Lipinski definition) is 2. The van der Waals surface area contributed by atoms with Crippen molar-refractivity contribution in [3.05, 3.63) is 35.4 Å². The van der Waals surface area contributed by atoms with Gasteiger partial charge in [-0.1, -0.05) is 24.3 Å². The molecule has 2 aliphatic rings. The number of carboxylic acids is 1. The Morgan fingerprint density at radius 2 is 2.11 bits per heavy atom. The fourth-order valence-corrected chi connectivity index (χ4v) is 4.12. The average Bonchev–Trinajstić information content (AvgIpc) is 2.96. The van der Waals surface area contributed by atoms with Crippen molar-refractivity contribution in [1.82, 2.24) is 4.90 Å². The first-order valence-electron chi connectivity index (χ1n) is 7.15. The lowest BCUT2D eigenvalue weighted by Gasteiger charge is -2.31. The number of aryl methyl sites for hydroxylation is 1. The molecule has 1 aromatic rings. The number of carbonyl (C=O) groups is 1. The van der Waals surface area contributed by atoms with Crippen LogP contribution in [0.5, 0.6) is 0 Å². The van der Waals surface area contributed by atoms with Gasteiger partial charge in [-0.05, 0) is 44.2 Å². The smallest absolute Gasteiger partial charge is 0.308 e. The van der Waals surface area contributed by atoms with E-state index in [0.717, 1.165) is 19.3 Å². The highest BCUT2D eigenvalue weighted by Crippen LogP contribution is 2.46. The summed E-state index contributed by atoms with van der Waals surface area (Å²) in [5, 5.41) is 9.33. The lowest BCUT2D eigenvalue weighted by Crippen LogP contribution is -2.35. The second-order valence-electron chi connectivity index (χ2n) is 5.96. The summed E-state index contributed by atoms with van der Waals surface area (Å²) in [6.07, 6.45) is 3.03. The molecule has 0 saturated carbocycles. The number of aliphatic carboxylic acids is 1. The summed E-state index contributed by atoms with van der Waals surface area (Å²) in [6, 6.07) is 9.46. The van der Waals surface area contributed by atoms with Gasteiger partial charge >= 0.3 is 5.97 Å². The van der Waals surface area contributed by atoms with Crippen LogP contribution in [-0.2, 0) is 4.79 Å². The van der Waals surface area contributed by atoms with Gasteiger partial charge in [-0.25, -0.2) is 0 Å². The molecule has 0 aliphatic carbocycles. The van der Waals surface area contributed by atoms with E-state index in [1.807, 2.05) is 0 Å². The third kappa shape index (κ3) is 1.96. The molecule has 19 heavy (non-hydrogen) atoms. The van der Waals surface area contributed by atoms with E-state index >= 15 is 0 Å². The van der Waals surface area contributed by atoms with Crippen LogP contribution in [0, 0.1) is 12.8 Å². The normalized spacial score (nSPS) is 31.6. The zero-order valence-corrected chi connectivity index (χ0v) is 11.5. The Labute approximate surface area is 114 Å². The molecule has 2 fully saturated rings. The van der Waals surface area contributed by atoms with Crippen molar-refractivity contribution in [2.45, 2.75) is 51.2 Å². The number of benzene rings is 1. The molecule has 4 atom stereocenters. The van der Waals surface area contributed by atoms with Gasteiger partial charge in [0, 0.05) is 18.1 Å². The molecule has 2 aliphatic heterocycles. The van der Waals surface area contributed by atoms with Gasteiger partial charge in [-0.2, -0.15) is 0 Å². The van der Waals surface area contributed by atoms with Crippen LogP contribution in [0.15, 0.2) is 24.3 Å². The maximum atomic E-state index is 11.3. The Bertz CT molecular complexity index is 499. The number of hydrogen-bond donors (Lipinski definition) is 1. The van der Waals surface area contributed by atoms with E-state index in [4.69, 9.17) is 0 Å². The third-order valence-electron chi connectivity index (χ3n) is 4.99. The Balaban J connectivity index is 1.87. The molecule has 4 unspecified atom stereocenters. The van der Waals surface area contributed by atoms with Crippen LogP contribution in [0.3, 0.4) is 0 Å². The highest BCUT2D eigenvalue weighted by molar-refractivity contribution is 5.71. The topological polar surface area (TPSA) is 40.5 Å². The first-order valence-corrected chi connectivity index (χ1v) is 7.15. The van der Waals surface area contributed by atoms with Crippen molar-refractivity contribution in [2.24, 2.45) is 5.92 Å².